The lowest BCUT2D eigenvalue weighted by Crippen LogP contribution is -2.12. The highest BCUT2D eigenvalue weighted by atomic mass is 32.2. The number of aromatic amines is 1. The number of carbonyl (C=O) groups excluding carboxylic acids is 1. The summed E-state index contributed by atoms with van der Waals surface area (Å²) in [6, 6.07) is 5.61. The second-order valence-corrected chi connectivity index (χ2v) is 4.13. The highest BCUT2D eigenvalue weighted by Gasteiger charge is 2.15. The average Bonchev–Trinajstić information content (AvgIpc) is 2.66. The van der Waals surface area contributed by atoms with Crippen molar-refractivity contribution in [2.24, 2.45) is 5.73 Å². The first-order valence-electron chi connectivity index (χ1n) is 4.71. The highest BCUT2D eigenvalue weighted by Crippen LogP contribution is 2.32. The van der Waals surface area contributed by atoms with E-state index in [-0.39, 0.29) is 0 Å². The molecule has 16 heavy (non-hydrogen) atoms. The average molecular weight is 236 g/mol. The zero-order valence-electron chi connectivity index (χ0n) is 9.03. The summed E-state index contributed by atoms with van der Waals surface area (Å²) >= 11 is 1.49. The molecule has 2 rings (SSSR count). The van der Waals surface area contributed by atoms with Gasteiger partial charge in [-0.15, -0.1) is 11.8 Å². The SMILES string of the molecule is COc1ccc2[nH]c(C(N)=O)c(SC)c2c1. The Morgan fingerprint density at radius 2 is 2.25 bits per heavy atom. The van der Waals surface area contributed by atoms with Gasteiger partial charge in [0.15, 0.2) is 0 Å². The van der Waals surface area contributed by atoms with Gasteiger partial charge in [0.25, 0.3) is 5.91 Å². The summed E-state index contributed by atoms with van der Waals surface area (Å²) in [5, 5.41) is 0.959. The van der Waals surface area contributed by atoms with E-state index in [0.717, 1.165) is 21.5 Å². The van der Waals surface area contributed by atoms with Crippen molar-refractivity contribution in [1.82, 2.24) is 4.98 Å². The summed E-state index contributed by atoms with van der Waals surface area (Å²) in [5.41, 5.74) is 6.65. The van der Waals surface area contributed by atoms with Gasteiger partial charge < -0.3 is 15.5 Å². The minimum atomic E-state index is -0.445. The summed E-state index contributed by atoms with van der Waals surface area (Å²) in [7, 11) is 1.61. The van der Waals surface area contributed by atoms with Gasteiger partial charge in [-0.25, -0.2) is 0 Å². The maximum absolute atomic E-state index is 11.3. The molecule has 0 fully saturated rings. The predicted molar refractivity (Wildman–Crippen MR) is 65.1 cm³/mol. The van der Waals surface area contributed by atoms with Crippen molar-refractivity contribution in [2.45, 2.75) is 4.90 Å². The normalized spacial score (nSPS) is 10.6. The van der Waals surface area contributed by atoms with Crippen molar-refractivity contribution in [1.29, 1.82) is 0 Å². The van der Waals surface area contributed by atoms with Crippen LogP contribution >= 0.6 is 11.8 Å². The molecule has 0 atom stereocenters. The number of amides is 1. The van der Waals surface area contributed by atoms with Crippen LogP contribution in [-0.4, -0.2) is 24.3 Å². The number of fused-ring (bicyclic) bond motifs is 1. The number of nitrogens with one attached hydrogen (secondary N) is 1. The molecule has 0 saturated heterocycles. The number of nitrogens with two attached hydrogens (primary N) is 1. The number of thioether (sulfide) groups is 1. The predicted octanol–water partition coefficient (Wildman–Crippen LogP) is 2.00. The van der Waals surface area contributed by atoms with Crippen LogP contribution in [0.5, 0.6) is 5.75 Å². The Hall–Kier alpha value is -1.62. The summed E-state index contributed by atoms with van der Waals surface area (Å²) in [6.45, 7) is 0. The molecule has 1 amide bonds. The molecule has 4 nitrogen and oxygen atoms in total. The summed E-state index contributed by atoms with van der Waals surface area (Å²) in [6.07, 6.45) is 1.91. The van der Waals surface area contributed by atoms with E-state index < -0.39 is 5.91 Å². The van der Waals surface area contributed by atoms with Crippen LogP contribution in [0.2, 0.25) is 0 Å². The molecule has 0 aliphatic heterocycles. The Morgan fingerprint density at radius 1 is 1.50 bits per heavy atom. The van der Waals surface area contributed by atoms with Gasteiger partial charge in [0.1, 0.15) is 11.4 Å². The molecular formula is C11H12N2O2S. The van der Waals surface area contributed by atoms with Gasteiger partial charge >= 0.3 is 0 Å². The molecule has 1 aromatic heterocycles. The van der Waals surface area contributed by atoms with E-state index >= 15 is 0 Å². The van der Waals surface area contributed by atoms with Crippen LogP contribution in [-0.2, 0) is 0 Å². The fraction of sp³-hybridized carbons (Fsp3) is 0.182. The van der Waals surface area contributed by atoms with Crippen molar-refractivity contribution >= 4 is 28.6 Å². The van der Waals surface area contributed by atoms with Crippen LogP contribution in [0.3, 0.4) is 0 Å². The summed E-state index contributed by atoms with van der Waals surface area (Å²) in [4.78, 5) is 15.1. The zero-order valence-corrected chi connectivity index (χ0v) is 9.85. The van der Waals surface area contributed by atoms with Crippen LogP contribution in [0.15, 0.2) is 23.1 Å². The van der Waals surface area contributed by atoms with Gasteiger partial charge in [0.2, 0.25) is 0 Å². The minimum absolute atomic E-state index is 0.445. The molecule has 0 saturated carbocycles. The third-order valence-corrected chi connectivity index (χ3v) is 3.24. The van der Waals surface area contributed by atoms with Crippen LogP contribution in [0, 0.1) is 0 Å². The van der Waals surface area contributed by atoms with E-state index in [1.54, 1.807) is 7.11 Å². The van der Waals surface area contributed by atoms with Gasteiger partial charge in [-0.1, -0.05) is 0 Å². The molecule has 84 valence electrons. The van der Waals surface area contributed by atoms with Gasteiger partial charge in [-0.05, 0) is 24.5 Å². The number of hydrogen-bond acceptors (Lipinski definition) is 3. The lowest BCUT2D eigenvalue weighted by molar-refractivity contribution is 0.0993. The van der Waals surface area contributed by atoms with Crippen LogP contribution in [0.1, 0.15) is 10.5 Å². The Balaban J connectivity index is 2.73. The highest BCUT2D eigenvalue weighted by molar-refractivity contribution is 7.99. The minimum Gasteiger partial charge on any atom is -0.497 e. The topological polar surface area (TPSA) is 68.1 Å². The monoisotopic (exact) mass is 236 g/mol. The number of aromatic nitrogens is 1. The van der Waals surface area contributed by atoms with Gasteiger partial charge in [0, 0.05) is 15.8 Å². The van der Waals surface area contributed by atoms with Gasteiger partial charge in [0.05, 0.1) is 7.11 Å². The molecule has 0 aliphatic carbocycles. The Kier molecular flexibility index (Phi) is 2.78. The molecule has 1 heterocycles. The van der Waals surface area contributed by atoms with E-state index in [0.29, 0.717) is 5.69 Å². The second-order valence-electron chi connectivity index (χ2n) is 3.31. The number of hydrogen-bond donors (Lipinski definition) is 2. The molecule has 5 heteroatoms. The van der Waals surface area contributed by atoms with E-state index in [1.165, 1.54) is 11.8 Å². The van der Waals surface area contributed by atoms with Crippen LogP contribution < -0.4 is 10.5 Å². The lowest BCUT2D eigenvalue weighted by Gasteiger charge is -2.00. The number of carbonyl (C=O) groups is 1. The molecule has 0 spiro atoms. The largest absolute Gasteiger partial charge is 0.497 e. The summed E-state index contributed by atoms with van der Waals surface area (Å²) in [5.74, 6) is 0.317. The smallest absolute Gasteiger partial charge is 0.266 e. The Labute approximate surface area is 97.2 Å². The molecule has 3 N–H and O–H groups in total. The first-order valence-corrected chi connectivity index (χ1v) is 5.93. The van der Waals surface area contributed by atoms with Crippen molar-refractivity contribution < 1.29 is 9.53 Å². The van der Waals surface area contributed by atoms with E-state index in [2.05, 4.69) is 4.98 Å². The molecular weight excluding hydrogens is 224 g/mol. The second kappa shape index (κ2) is 4.09. The van der Waals surface area contributed by atoms with Crippen molar-refractivity contribution in [2.75, 3.05) is 13.4 Å². The third-order valence-electron chi connectivity index (χ3n) is 2.41. The first kappa shape index (κ1) is 10.9. The third kappa shape index (κ3) is 1.63. The molecule has 0 aliphatic rings. The van der Waals surface area contributed by atoms with Crippen molar-refractivity contribution in [3.05, 3.63) is 23.9 Å². The van der Waals surface area contributed by atoms with Gasteiger partial charge in [-0.2, -0.15) is 0 Å². The van der Waals surface area contributed by atoms with Crippen molar-refractivity contribution in [3.8, 4) is 5.75 Å². The van der Waals surface area contributed by atoms with Crippen LogP contribution in [0.25, 0.3) is 10.9 Å². The number of ether oxygens (including phenoxy) is 1. The van der Waals surface area contributed by atoms with Crippen molar-refractivity contribution in [3.63, 3.8) is 0 Å². The van der Waals surface area contributed by atoms with Gasteiger partial charge in [-0.3, -0.25) is 4.79 Å². The number of benzene rings is 1. The number of rotatable bonds is 3. The fourth-order valence-electron chi connectivity index (χ4n) is 1.66. The molecule has 0 bridgehead atoms. The fourth-order valence-corrected chi connectivity index (χ4v) is 2.40. The first-order chi connectivity index (χ1) is 7.67. The lowest BCUT2D eigenvalue weighted by atomic mass is 10.2. The maximum Gasteiger partial charge on any atom is 0.266 e. The van der Waals surface area contributed by atoms with Crippen LogP contribution in [0.4, 0.5) is 0 Å². The van der Waals surface area contributed by atoms with E-state index in [9.17, 15) is 4.79 Å². The Bertz CT molecular complexity index is 548. The Morgan fingerprint density at radius 3 is 2.81 bits per heavy atom. The number of H-pyrrole nitrogens is 1. The standard InChI is InChI=1S/C11H12N2O2S/c1-15-6-3-4-8-7(5-6)10(16-2)9(13-8)11(12)14/h3-5,13H,1-2H3,(H2,12,14). The summed E-state index contributed by atoms with van der Waals surface area (Å²) < 4.78 is 5.15. The number of primary amides is 1. The molecule has 0 unspecified atom stereocenters. The molecule has 2 aromatic rings. The number of methoxy groups -OCH3 is 1. The zero-order chi connectivity index (χ0) is 11.7. The maximum atomic E-state index is 11.3. The molecule has 1 aromatic carbocycles. The van der Waals surface area contributed by atoms with E-state index in [1.807, 2.05) is 24.5 Å². The van der Waals surface area contributed by atoms with E-state index in [4.69, 9.17) is 10.5 Å². The molecule has 0 radical (unpaired) electrons. The quantitative estimate of drug-likeness (QED) is 0.801.